The van der Waals surface area contributed by atoms with Crippen molar-refractivity contribution in [1.29, 1.82) is 15.8 Å². The molecule has 18 heteroatoms. The van der Waals surface area contributed by atoms with E-state index in [9.17, 15) is 30.4 Å². The van der Waals surface area contributed by atoms with Crippen LogP contribution in [-0.2, 0) is 0 Å². The lowest BCUT2D eigenvalue weighted by Crippen LogP contribution is -2.46. The molecule has 0 amide bonds. The fraction of sp³-hybridized carbons (Fsp3) is 0.463. The van der Waals surface area contributed by atoms with Gasteiger partial charge in [-0.05, 0) is 230 Å². The van der Waals surface area contributed by atoms with Gasteiger partial charge in [-0.2, -0.15) is 15.8 Å². The first-order chi connectivity index (χ1) is 55.2. The highest BCUT2D eigenvalue weighted by Gasteiger charge is 2.35. The lowest BCUT2D eigenvalue weighted by Gasteiger charge is -2.38. The zero-order valence-corrected chi connectivity index (χ0v) is 66.8. The van der Waals surface area contributed by atoms with Crippen LogP contribution >= 0.6 is 0 Å². The molecule has 0 bridgehead atoms. The molecule has 7 saturated heterocycles. The molecule has 0 saturated carbocycles. The zero-order valence-electron chi connectivity index (χ0n) is 66.8. The van der Waals surface area contributed by atoms with E-state index < -0.39 is 0 Å². The molecule has 0 aliphatic carbocycles. The molecular weight excluding hydrogens is 1410 g/mol. The predicted molar refractivity (Wildman–Crippen MR) is 451 cm³/mol. The third kappa shape index (κ3) is 19.4. The Morgan fingerprint density at radius 1 is 0.434 bits per heavy atom. The molecule has 8 aromatic carbocycles. The van der Waals surface area contributed by atoms with Crippen molar-refractivity contribution < 1.29 is 33.6 Å². The Labute approximate surface area is 669 Å². The summed E-state index contributed by atoms with van der Waals surface area (Å²) in [6.45, 7) is 26.8. The van der Waals surface area contributed by atoms with E-state index in [2.05, 4.69) is 133 Å². The summed E-state index contributed by atoms with van der Waals surface area (Å²) in [6, 6.07) is 63.7. The lowest BCUT2D eigenvalue weighted by molar-refractivity contribution is 0.118. The van der Waals surface area contributed by atoms with Crippen molar-refractivity contribution >= 4 is 22.7 Å². The van der Waals surface area contributed by atoms with Crippen LogP contribution in [-0.4, -0.2) is 186 Å². The van der Waals surface area contributed by atoms with E-state index in [1.807, 2.05) is 97.9 Å². The monoisotopic (exact) mass is 1520 g/mol. The maximum absolute atomic E-state index is 13.6. The molecule has 0 radical (unpaired) electrons. The van der Waals surface area contributed by atoms with Gasteiger partial charge in [0.2, 0.25) is 0 Å². The summed E-state index contributed by atoms with van der Waals surface area (Å²) >= 11 is 0. The van der Waals surface area contributed by atoms with Crippen LogP contribution in [0.3, 0.4) is 0 Å². The maximum atomic E-state index is 13.6. The number of hydrogen-bond acceptors (Lipinski definition) is 17. The minimum atomic E-state index is -0.275. The lowest BCUT2D eigenvalue weighted by atomic mass is 9.93. The first kappa shape index (κ1) is 79.9. The Bertz CT molecular complexity index is 4610. The Kier molecular flexibility index (Phi) is 26.9. The van der Waals surface area contributed by atoms with Crippen molar-refractivity contribution in [2.24, 2.45) is 11.3 Å². The maximum Gasteiger partial charge on any atom is 0.161 e. The van der Waals surface area contributed by atoms with E-state index in [1.165, 1.54) is 112 Å². The third-order valence-electron chi connectivity index (χ3n) is 25.0. The Morgan fingerprint density at radius 2 is 0.823 bits per heavy atom. The summed E-state index contributed by atoms with van der Waals surface area (Å²) in [5.74, 6) is 3.12. The molecule has 113 heavy (non-hydrogen) atoms. The highest BCUT2D eigenvalue weighted by molar-refractivity contribution is 5.82. The van der Waals surface area contributed by atoms with Gasteiger partial charge >= 0.3 is 0 Å². The Morgan fingerprint density at radius 3 is 1.25 bits per heavy atom. The summed E-state index contributed by atoms with van der Waals surface area (Å²) in [6.07, 6.45) is 15.5. The number of nitrogens with one attached hydrogen (secondary N) is 1. The highest BCUT2D eigenvalue weighted by atomic mass is 19.1. The van der Waals surface area contributed by atoms with Crippen LogP contribution in [0.15, 0.2) is 164 Å². The predicted octanol–water partition coefficient (Wildman–Crippen LogP) is 16.4. The quantitative estimate of drug-likeness (QED) is 0.0829. The van der Waals surface area contributed by atoms with E-state index in [-0.39, 0.29) is 23.9 Å². The molecule has 3 N–H and O–H groups in total. The first-order valence-corrected chi connectivity index (χ1v) is 41.8. The largest absolute Gasteiger partial charge is 0.486 e. The van der Waals surface area contributed by atoms with Crippen LogP contribution < -0.4 is 43.9 Å². The summed E-state index contributed by atoms with van der Waals surface area (Å²) in [7, 11) is 0. The topological polar surface area (TPSA) is 183 Å². The number of rotatable bonds is 16. The van der Waals surface area contributed by atoms with Gasteiger partial charge in [-0.3, -0.25) is 4.90 Å². The summed E-state index contributed by atoms with van der Waals surface area (Å²) < 4.78 is 36.4. The number of ether oxygens (including phenoxy) is 4. The number of anilines is 4. The minimum absolute atomic E-state index is 0.108. The van der Waals surface area contributed by atoms with Crippen molar-refractivity contribution in [3.05, 3.63) is 192 Å². The van der Waals surface area contributed by atoms with Gasteiger partial charge in [-0.15, -0.1) is 0 Å². The van der Waals surface area contributed by atoms with Crippen molar-refractivity contribution in [1.82, 2.24) is 20.0 Å². The van der Waals surface area contributed by atoms with Crippen molar-refractivity contribution in [3.8, 4) is 85.7 Å². The SMILES string of the molecule is CC(C)(CO)CNC1CCN(c2cccc(-c3ccc4c(c3)OCCO4)c2C#N)CC1.CC(O)C1CCN(C2CCN(c3cccc(-c4ccc5c(c4)OCCO5)c3C#N)CC2)C1.Cc1c(-c2ccccc2)cccc1N1CCC(N2CCCC2)CC1.N#Cc1c(-c2cccc(F)c2)cccc1N1CCC(N2CCCC2)CC1. The van der Waals surface area contributed by atoms with Crippen molar-refractivity contribution in [2.45, 2.75) is 141 Å². The van der Waals surface area contributed by atoms with E-state index in [0.29, 0.717) is 61.6 Å². The van der Waals surface area contributed by atoms with Gasteiger partial charge in [0.1, 0.15) is 50.5 Å². The van der Waals surface area contributed by atoms with Gasteiger partial charge in [-0.25, -0.2) is 4.39 Å². The number of piperidine rings is 4. The first-order valence-electron chi connectivity index (χ1n) is 41.8. The van der Waals surface area contributed by atoms with Crippen LogP contribution in [0.1, 0.15) is 126 Å². The van der Waals surface area contributed by atoms with Gasteiger partial charge in [0.05, 0.1) is 39.9 Å². The van der Waals surface area contributed by atoms with Gasteiger partial charge in [0.15, 0.2) is 23.0 Å². The standard InChI is InChI=1S/C26H31N3O3.C25H31N3O3.C22H24FN3.C22H28N2/c1-18(30)20-7-10-29(17-20)21-8-11-28(12-9-21)24-4-2-3-22(23(24)16-27)19-5-6-25-26(15-19)32-14-13-31-25;1-25(2,17-29)16-27-19-8-10-28(11-9-19)22-5-3-4-20(21(22)15-26)18-6-7-23-24(14-18)31-13-12-30-23;23-18-6-3-5-17(15-18)20-7-4-8-22(21(20)16-24)26-13-9-19(10-14-26)25-11-1-2-12-25;1-18-21(19-8-3-2-4-9-19)10-7-11-22(18)24-16-12-20(13-17-24)23-14-5-6-15-23/h2-6,15,18,20-21,30H,7-14,17H2,1H3;3-7,14,19,27,29H,8-13,16-17H2,1-2H3;3-8,15,19H,1-2,9-14H2;2-4,7-11,20H,5-6,12-17H2,1H3. The van der Waals surface area contributed by atoms with E-state index in [0.717, 1.165) is 189 Å². The average Bonchev–Trinajstić information content (AvgIpc) is 1.51. The number of benzene rings is 8. The van der Waals surface area contributed by atoms with Crippen LogP contribution in [0.2, 0.25) is 0 Å². The second kappa shape index (κ2) is 38.0. The van der Waals surface area contributed by atoms with E-state index in [1.54, 1.807) is 6.07 Å². The number of likely N-dealkylation sites (tertiary alicyclic amines) is 3. The van der Waals surface area contributed by atoms with Crippen molar-refractivity contribution in [2.75, 3.05) is 151 Å². The highest BCUT2D eigenvalue weighted by Crippen LogP contribution is 2.43. The average molecular weight is 1530 g/mol. The molecule has 9 aliphatic heterocycles. The number of aliphatic hydroxyl groups is 2. The molecule has 2 atom stereocenters. The molecule has 2 unspecified atom stereocenters. The van der Waals surface area contributed by atoms with Crippen LogP contribution in [0.25, 0.3) is 44.5 Å². The molecule has 9 heterocycles. The second-order valence-electron chi connectivity index (χ2n) is 32.9. The van der Waals surface area contributed by atoms with Gasteiger partial charge in [-0.1, -0.05) is 117 Å². The number of nitrogens with zero attached hydrogens (tertiary/aromatic N) is 10. The minimum Gasteiger partial charge on any atom is -0.486 e. The molecule has 8 aromatic rings. The zero-order chi connectivity index (χ0) is 78.2. The molecule has 0 spiro atoms. The van der Waals surface area contributed by atoms with Gasteiger partial charge < -0.3 is 63.9 Å². The molecule has 592 valence electrons. The third-order valence-corrected chi connectivity index (χ3v) is 25.0. The Hall–Kier alpha value is -9.68. The Balaban J connectivity index is 0.000000126. The molecule has 17 rings (SSSR count). The summed E-state index contributed by atoms with van der Waals surface area (Å²) in [5.41, 5.74) is 15.9. The summed E-state index contributed by atoms with van der Waals surface area (Å²) in [4.78, 5) is 17.5. The normalized spacial score (nSPS) is 19.5. The van der Waals surface area contributed by atoms with Crippen molar-refractivity contribution in [3.63, 3.8) is 0 Å². The number of halogens is 1. The van der Waals surface area contributed by atoms with E-state index >= 15 is 0 Å². The fourth-order valence-corrected chi connectivity index (χ4v) is 18.4. The smallest absolute Gasteiger partial charge is 0.161 e. The van der Waals surface area contributed by atoms with Crippen LogP contribution in [0.5, 0.6) is 23.0 Å². The number of fused-ring (bicyclic) bond motifs is 2. The fourth-order valence-electron chi connectivity index (χ4n) is 18.4. The molecular formula is C95H114FN11O6. The molecule has 17 nitrogen and oxygen atoms in total. The number of hydrogen-bond donors (Lipinski definition) is 3. The second-order valence-corrected chi connectivity index (χ2v) is 32.9. The van der Waals surface area contributed by atoms with Crippen LogP contribution in [0, 0.1) is 58.1 Å². The summed E-state index contributed by atoms with van der Waals surface area (Å²) in [5, 5.41) is 52.9. The molecule has 7 fully saturated rings. The van der Waals surface area contributed by atoms with E-state index in [4.69, 9.17) is 18.9 Å². The number of aliphatic hydroxyl groups excluding tert-OH is 2. The van der Waals surface area contributed by atoms with Gasteiger partial charge in [0.25, 0.3) is 0 Å². The van der Waals surface area contributed by atoms with Crippen LogP contribution in [0.4, 0.5) is 27.1 Å². The molecule has 9 aliphatic rings. The van der Waals surface area contributed by atoms with Gasteiger partial charge in [0, 0.05) is 124 Å². The number of nitriles is 3. The molecule has 0 aromatic heterocycles.